The molecule has 0 aliphatic carbocycles. The Labute approximate surface area is 225 Å². The van der Waals surface area contributed by atoms with Crippen LogP contribution in [0.25, 0.3) is 10.4 Å². The molecule has 3 atom stereocenters. The maximum atomic E-state index is 13.6. The summed E-state index contributed by atoms with van der Waals surface area (Å²) in [5.41, 5.74) is 8.36. The maximum absolute atomic E-state index is 13.6. The molecule has 0 radical (unpaired) electrons. The van der Waals surface area contributed by atoms with Crippen LogP contribution < -0.4 is 5.32 Å². The third kappa shape index (κ3) is 11.7. The van der Waals surface area contributed by atoms with Gasteiger partial charge in [0.25, 0.3) is 0 Å². The molecule has 0 fully saturated rings. The van der Waals surface area contributed by atoms with E-state index >= 15 is 0 Å². The minimum absolute atomic E-state index is 0.114. The second-order valence-corrected chi connectivity index (χ2v) is 23.2. The summed E-state index contributed by atoms with van der Waals surface area (Å²) in [6, 6.07) is -2.35. The van der Waals surface area contributed by atoms with Gasteiger partial charge in [0.1, 0.15) is 17.7 Å². The highest BCUT2D eigenvalue weighted by molar-refractivity contribution is 6.74. The normalized spacial score (nSPS) is 15.7. The number of carbonyl (C=O) groups is 3. The highest BCUT2D eigenvalue weighted by atomic mass is 28.4. The molecule has 12 heteroatoms. The van der Waals surface area contributed by atoms with Gasteiger partial charge in [0.2, 0.25) is 5.91 Å². The smallest absolute Gasteiger partial charge is 0.315 e. The van der Waals surface area contributed by atoms with Crippen LogP contribution in [0.3, 0.4) is 0 Å². The van der Waals surface area contributed by atoms with Gasteiger partial charge in [0.05, 0.1) is 12.7 Å². The second kappa shape index (κ2) is 12.9. The molecule has 0 saturated carbocycles. The lowest BCUT2D eigenvalue weighted by Crippen LogP contribution is -2.57. The molecular formula is C25H50N4O6Si2. The van der Waals surface area contributed by atoms with Crippen LogP contribution in [-0.2, 0) is 28.0 Å². The molecule has 0 heterocycles. The molecule has 0 aliphatic heterocycles. The van der Waals surface area contributed by atoms with Gasteiger partial charge in [0, 0.05) is 11.8 Å². The van der Waals surface area contributed by atoms with Crippen molar-refractivity contribution in [1.82, 2.24) is 5.32 Å². The van der Waals surface area contributed by atoms with Crippen LogP contribution in [0.15, 0.2) is 5.11 Å². The van der Waals surface area contributed by atoms with E-state index in [0.29, 0.717) is 0 Å². The number of hydrogen-bond acceptors (Lipinski definition) is 7. The Morgan fingerprint density at radius 3 is 1.78 bits per heavy atom. The quantitative estimate of drug-likeness (QED) is 0.104. The molecule has 10 nitrogen and oxygen atoms in total. The first-order chi connectivity index (χ1) is 16.3. The number of esters is 1. The molecule has 0 saturated heterocycles. The molecule has 0 unspecified atom stereocenters. The third-order valence-corrected chi connectivity index (χ3v) is 16.0. The van der Waals surface area contributed by atoms with E-state index in [1.807, 2.05) is 47.0 Å². The number of nitrogens with zero attached hydrogens (tertiary/aromatic N) is 3. The Hall–Kier alpha value is -1.73. The number of carbonyl (C=O) groups excluding carboxylic acids is 3. The fourth-order valence-corrected chi connectivity index (χ4v) is 5.09. The largest absolute Gasteiger partial charge is 0.460 e. The van der Waals surface area contributed by atoms with Crippen molar-refractivity contribution >= 4 is 34.3 Å². The molecule has 214 valence electrons. The standard InChI is InChI=1S/C25H50N4O6Si2/c1-17(30)27-21(19(31)16-33-36(11,12)24(5,6)7)20(35-37(13,14)25(8,9)10)15-18(28-29-26)22(32)34-23(2,3)4/h18,20-21H,15-16H2,1-14H3,(H,27,30)/t18-,20-,21-/m0/s1. The Morgan fingerprint density at radius 1 is 0.919 bits per heavy atom. The lowest BCUT2D eigenvalue weighted by molar-refractivity contribution is -0.157. The topological polar surface area (TPSA) is 140 Å². The van der Waals surface area contributed by atoms with E-state index in [1.165, 1.54) is 6.92 Å². The van der Waals surface area contributed by atoms with Crippen LogP contribution in [0, 0.1) is 0 Å². The highest BCUT2D eigenvalue weighted by Crippen LogP contribution is 2.39. The first kappa shape index (κ1) is 35.3. The average Bonchev–Trinajstić information content (AvgIpc) is 2.66. The number of rotatable bonds is 12. The van der Waals surface area contributed by atoms with Crippen molar-refractivity contribution in [3.8, 4) is 0 Å². The summed E-state index contributed by atoms with van der Waals surface area (Å²) in [6.45, 7) is 26.7. The van der Waals surface area contributed by atoms with Gasteiger partial charge in [-0.15, -0.1) is 0 Å². The van der Waals surface area contributed by atoms with Gasteiger partial charge >= 0.3 is 5.97 Å². The first-order valence-corrected chi connectivity index (χ1v) is 18.5. The molecule has 0 aromatic carbocycles. The van der Waals surface area contributed by atoms with Crippen molar-refractivity contribution in [3.63, 3.8) is 0 Å². The summed E-state index contributed by atoms with van der Waals surface area (Å²) in [6.07, 6.45) is -1.08. The van der Waals surface area contributed by atoms with Gasteiger partial charge in [-0.2, -0.15) is 0 Å². The zero-order chi connectivity index (χ0) is 29.6. The van der Waals surface area contributed by atoms with E-state index < -0.39 is 52.3 Å². The number of azide groups is 1. The van der Waals surface area contributed by atoms with E-state index in [1.54, 1.807) is 20.8 Å². The first-order valence-electron chi connectivity index (χ1n) is 12.7. The fraction of sp³-hybridized carbons (Fsp3) is 0.880. The minimum atomic E-state index is -2.51. The molecule has 37 heavy (non-hydrogen) atoms. The lowest BCUT2D eigenvalue weighted by Gasteiger charge is -2.42. The predicted octanol–water partition coefficient (Wildman–Crippen LogP) is 5.88. The van der Waals surface area contributed by atoms with Gasteiger partial charge in [0.15, 0.2) is 22.4 Å². The maximum Gasteiger partial charge on any atom is 0.315 e. The Bertz CT molecular complexity index is 866. The van der Waals surface area contributed by atoms with Gasteiger partial charge in [-0.05, 0) is 69.0 Å². The number of ether oxygens (including phenoxy) is 1. The number of nitrogens with one attached hydrogen (secondary N) is 1. The van der Waals surface area contributed by atoms with Crippen molar-refractivity contribution in [2.24, 2.45) is 5.11 Å². The molecule has 1 amide bonds. The van der Waals surface area contributed by atoms with Crippen molar-refractivity contribution in [2.75, 3.05) is 6.61 Å². The van der Waals surface area contributed by atoms with Crippen molar-refractivity contribution < 1.29 is 28.0 Å². The molecule has 0 aromatic heterocycles. The number of hydrogen-bond donors (Lipinski definition) is 1. The minimum Gasteiger partial charge on any atom is -0.460 e. The zero-order valence-electron chi connectivity index (χ0n) is 25.4. The molecule has 1 N–H and O–H groups in total. The van der Waals surface area contributed by atoms with Gasteiger partial charge < -0.3 is 18.9 Å². The van der Waals surface area contributed by atoms with Crippen LogP contribution in [0.2, 0.25) is 36.3 Å². The van der Waals surface area contributed by atoms with Gasteiger partial charge in [-0.1, -0.05) is 46.7 Å². The average molecular weight is 559 g/mol. The summed E-state index contributed by atoms with van der Waals surface area (Å²) in [4.78, 5) is 41.5. The Kier molecular flexibility index (Phi) is 12.3. The van der Waals surface area contributed by atoms with E-state index in [9.17, 15) is 14.4 Å². The molecule has 0 aliphatic rings. The van der Waals surface area contributed by atoms with E-state index in [0.717, 1.165) is 0 Å². The van der Waals surface area contributed by atoms with Crippen LogP contribution in [0.1, 0.15) is 75.7 Å². The SMILES string of the molecule is CC(=O)N[C@@H](C(=O)CO[Si](C)(C)C(C)(C)C)[C@H](C[C@H](N=[N+]=[N-])C(=O)OC(C)(C)C)O[Si](C)(C)C(C)(C)C. The van der Waals surface area contributed by atoms with Gasteiger partial charge in [-0.25, -0.2) is 0 Å². The van der Waals surface area contributed by atoms with Crippen molar-refractivity contribution in [1.29, 1.82) is 0 Å². The highest BCUT2D eigenvalue weighted by Gasteiger charge is 2.45. The van der Waals surface area contributed by atoms with Crippen LogP contribution in [0.4, 0.5) is 0 Å². The van der Waals surface area contributed by atoms with Crippen LogP contribution in [0.5, 0.6) is 0 Å². The van der Waals surface area contributed by atoms with Crippen molar-refractivity contribution in [2.45, 2.75) is 136 Å². The molecule has 0 rings (SSSR count). The summed E-state index contributed by atoms with van der Waals surface area (Å²) in [5, 5.41) is 6.05. The molecule has 0 spiro atoms. The summed E-state index contributed by atoms with van der Waals surface area (Å²) in [7, 11) is -4.77. The van der Waals surface area contributed by atoms with Crippen LogP contribution in [-0.4, -0.2) is 64.7 Å². The van der Waals surface area contributed by atoms with Crippen LogP contribution >= 0.6 is 0 Å². The zero-order valence-corrected chi connectivity index (χ0v) is 27.4. The van der Waals surface area contributed by atoms with E-state index in [-0.39, 0.29) is 28.9 Å². The Balaban J connectivity index is 6.46. The van der Waals surface area contributed by atoms with Crippen molar-refractivity contribution in [3.05, 3.63) is 10.4 Å². The molecular weight excluding hydrogens is 508 g/mol. The fourth-order valence-electron chi connectivity index (χ4n) is 2.81. The lowest BCUT2D eigenvalue weighted by atomic mass is 9.99. The number of amides is 1. The second-order valence-electron chi connectivity index (χ2n) is 13.6. The van der Waals surface area contributed by atoms with E-state index in [4.69, 9.17) is 19.1 Å². The molecule has 0 bridgehead atoms. The summed E-state index contributed by atoms with van der Waals surface area (Å²) >= 11 is 0. The van der Waals surface area contributed by atoms with E-state index in [2.05, 4.69) is 36.1 Å². The summed E-state index contributed by atoms with van der Waals surface area (Å²) < 4.78 is 18.2. The molecule has 0 aromatic rings. The summed E-state index contributed by atoms with van der Waals surface area (Å²) in [5.74, 6) is -1.51. The van der Waals surface area contributed by atoms with Gasteiger partial charge in [-0.3, -0.25) is 14.4 Å². The third-order valence-electron chi connectivity index (χ3n) is 7.04. The predicted molar refractivity (Wildman–Crippen MR) is 151 cm³/mol. The number of ketones is 1. The monoisotopic (exact) mass is 558 g/mol. The number of Topliss-reactive ketones (excluding diaryl/α,β-unsaturated/α-hetero) is 1. The Morgan fingerprint density at radius 2 is 1.41 bits per heavy atom.